The molecule has 0 spiro atoms. The fraction of sp³-hybridized carbons (Fsp3) is 0.154. The topological polar surface area (TPSA) is 92.3 Å². The van der Waals surface area contributed by atoms with E-state index in [0.29, 0.717) is 45.4 Å². The van der Waals surface area contributed by atoms with Crippen LogP contribution in [0.25, 0.3) is 0 Å². The molecule has 0 aliphatic carbocycles. The van der Waals surface area contributed by atoms with Gasteiger partial charge in [-0.15, -0.1) is 0 Å². The number of nitriles is 2. The van der Waals surface area contributed by atoms with Crippen LogP contribution in [0.15, 0.2) is 133 Å². The number of hydrogen-bond donors (Lipinski definition) is 0. The predicted molar refractivity (Wildman–Crippen MR) is 172 cm³/mol. The first-order valence-electron chi connectivity index (χ1n) is 14.6. The summed E-state index contributed by atoms with van der Waals surface area (Å²) in [5.74, 6) is 1.27. The Kier molecular flexibility index (Phi) is 8.98. The number of benzene rings is 5. The van der Waals surface area contributed by atoms with E-state index in [1.807, 2.05) is 84.9 Å². The Hall–Kier alpha value is -5.85. The van der Waals surface area contributed by atoms with E-state index in [9.17, 15) is 15.3 Å². The first kappa shape index (κ1) is 30.6. The Bertz CT molecular complexity index is 1820. The lowest BCUT2D eigenvalue weighted by Crippen LogP contribution is -2.34. The van der Waals surface area contributed by atoms with Crippen molar-refractivity contribution in [3.05, 3.63) is 161 Å². The number of rotatable bonds is 10. The van der Waals surface area contributed by atoms with Crippen LogP contribution in [-0.4, -0.2) is 5.97 Å². The summed E-state index contributed by atoms with van der Waals surface area (Å²) in [6.07, 6.45) is 0. The average Bonchev–Trinajstić information content (AvgIpc) is 3.08. The molecule has 0 saturated heterocycles. The van der Waals surface area contributed by atoms with Crippen molar-refractivity contribution >= 4 is 5.97 Å². The molecule has 0 fully saturated rings. The zero-order valence-corrected chi connectivity index (χ0v) is 25.3. The van der Waals surface area contributed by atoms with Gasteiger partial charge in [0.1, 0.15) is 29.4 Å². The number of nitrogens with zero attached hydrogens (tertiary/aromatic N) is 2. The van der Waals surface area contributed by atoms with Crippen LogP contribution in [0.2, 0.25) is 0 Å². The Morgan fingerprint density at radius 1 is 0.556 bits per heavy atom. The highest BCUT2D eigenvalue weighted by atomic mass is 16.5. The van der Waals surface area contributed by atoms with Crippen molar-refractivity contribution in [1.82, 2.24) is 0 Å². The summed E-state index contributed by atoms with van der Waals surface area (Å²) in [6.45, 7) is 5.58. The van der Waals surface area contributed by atoms with Gasteiger partial charge in [-0.25, -0.2) is 0 Å². The Morgan fingerprint density at radius 3 is 1.27 bits per heavy atom. The molecule has 0 unspecified atom stereocenters. The second kappa shape index (κ2) is 13.2. The highest BCUT2D eigenvalue weighted by Gasteiger charge is 2.39. The van der Waals surface area contributed by atoms with Crippen LogP contribution in [0.4, 0.5) is 0 Å². The van der Waals surface area contributed by atoms with Crippen LogP contribution < -0.4 is 14.2 Å². The van der Waals surface area contributed by atoms with Crippen LogP contribution >= 0.6 is 0 Å². The van der Waals surface area contributed by atoms with Gasteiger partial charge >= 0.3 is 5.97 Å². The molecule has 222 valence electrons. The summed E-state index contributed by atoms with van der Waals surface area (Å²) in [6, 6.07) is 44.9. The van der Waals surface area contributed by atoms with Crippen molar-refractivity contribution in [2.24, 2.45) is 0 Å². The largest absolute Gasteiger partial charge is 0.464 e. The second-order valence-corrected chi connectivity index (χ2v) is 10.9. The number of esters is 1. The number of ether oxygens (including phenoxy) is 3. The highest BCUT2D eigenvalue weighted by Crippen LogP contribution is 2.39. The lowest BCUT2D eigenvalue weighted by atomic mass is 9.86. The standard InChI is InChI=1S/C39H32N2O4/c1-28(2)30-14-20-36(21-15-30)44-39(27-41,32-12-8-5-9-13-32)34-18-24-37(25-19-34)45-38(26-40,31-10-6-4-7-11-31)33-16-22-35(23-17-33)43-29(3)42/h4-25,28H,1-3H3/t38-,39-/m1/s1. The molecule has 5 aromatic rings. The summed E-state index contributed by atoms with van der Waals surface area (Å²) in [4.78, 5) is 11.4. The molecule has 0 aliphatic heterocycles. The third-order valence-electron chi connectivity index (χ3n) is 7.55. The molecule has 45 heavy (non-hydrogen) atoms. The summed E-state index contributed by atoms with van der Waals surface area (Å²) >= 11 is 0. The maximum absolute atomic E-state index is 11.4. The van der Waals surface area contributed by atoms with Crippen molar-refractivity contribution in [3.63, 3.8) is 0 Å². The van der Waals surface area contributed by atoms with Crippen LogP contribution in [0, 0.1) is 22.7 Å². The van der Waals surface area contributed by atoms with E-state index in [0.717, 1.165) is 0 Å². The average molecular weight is 593 g/mol. The first-order chi connectivity index (χ1) is 21.8. The highest BCUT2D eigenvalue weighted by molar-refractivity contribution is 5.69. The normalized spacial score (nSPS) is 13.4. The molecule has 0 aliphatic rings. The third-order valence-corrected chi connectivity index (χ3v) is 7.55. The van der Waals surface area contributed by atoms with E-state index in [-0.39, 0.29) is 0 Å². The van der Waals surface area contributed by atoms with Crippen LogP contribution in [-0.2, 0) is 16.0 Å². The van der Waals surface area contributed by atoms with Gasteiger partial charge in [-0.05, 0) is 72.1 Å². The van der Waals surface area contributed by atoms with Crippen molar-refractivity contribution in [1.29, 1.82) is 10.5 Å². The van der Waals surface area contributed by atoms with E-state index >= 15 is 0 Å². The zero-order valence-electron chi connectivity index (χ0n) is 25.3. The molecule has 2 atom stereocenters. The third kappa shape index (κ3) is 6.42. The molecule has 5 rings (SSSR count). The monoisotopic (exact) mass is 592 g/mol. The maximum atomic E-state index is 11.4. The molecule has 0 saturated carbocycles. The van der Waals surface area contributed by atoms with Gasteiger partial charge in [-0.2, -0.15) is 10.5 Å². The Balaban J connectivity index is 1.54. The van der Waals surface area contributed by atoms with Crippen LogP contribution in [0.3, 0.4) is 0 Å². The molecule has 6 heteroatoms. The molecule has 0 N–H and O–H groups in total. The van der Waals surface area contributed by atoms with E-state index in [1.54, 1.807) is 48.5 Å². The molecular weight excluding hydrogens is 560 g/mol. The molecule has 0 aromatic heterocycles. The zero-order chi connectivity index (χ0) is 31.9. The fourth-order valence-corrected chi connectivity index (χ4v) is 5.17. The second-order valence-electron chi connectivity index (χ2n) is 10.9. The molecule has 5 aromatic carbocycles. The van der Waals surface area contributed by atoms with Gasteiger partial charge in [0.2, 0.25) is 11.2 Å². The number of carbonyl (C=O) groups excluding carboxylic acids is 1. The summed E-state index contributed by atoms with van der Waals surface area (Å²) < 4.78 is 18.2. The van der Waals surface area contributed by atoms with E-state index in [2.05, 4.69) is 26.0 Å². The van der Waals surface area contributed by atoms with E-state index in [1.165, 1.54) is 12.5 Å². The Morgan fingerprint density at radius 2 is 0.911 bits per heavy atom. The van der Waals surface area contributed by atoms with Gasteiger partial charge in [0.05, 0.1) is 0 Å². The molecule has 0 heterocycles. The smallest absolute Gasteiger partial charge is 0.308 e. The van der Waals surface area contributed by atoms with Crippen molar-refractivity contribution in [3.8, 4) is 29.4 Å². The van der Waals surface area contributed by atoms with Crippen molar-refractivity contribution in [2.75, 3.05) is 0 Å². The van der Waals surface area contributed by atoms with Crippen molar-refractivity contribution in [2.45, 2.75) is 37.9 Å². The van der Waals surface area contributed by atoms with Crippen LogP contribution in [0.1, 0.15) is 54.5 Å². The Labute approximate surface area is 263 Å². The van der Waals surface area contributed by atoms with E-state index in [4.69, 9.17) is 14.2 Å². The van der Waals surface area contributed by atoms with Crippen LogP contribution in [0.5, 0.6) is 17.2 Å². The predicted octanol–water partition coefficient (Wildman–Crippen LogP) is 8.43. The van der Waals surface area contributed by atoms with Gasteiger partial charge in [-0.1, -0.05) is 86.6 Å². The van der Waals surface area contributed by atoms with Crippen molar-refractivity contribution < 1.29 is 19.0 Å². The lowest BCUT2D eigenvalue weighted by molar-refractivity contribution is -0.131. The SMILES string of the molecule is CC(=O)Oc1ccc([C@](C#N)(Oc2ccc([C@](C#N)(Oc3ccc(C(C)C)cc3)c3ccccc3)cc2)c2ccccc2)cc1. The number of carbonyl (C=O) groups is 1. The molecule has 0 bridgehead atoms. The molecule has 6 nitrogen and oxygen atoms in total. The molecule has 0 radical (unpaired) electrons. The maximum Gasteiger partial charge on any atom is 0.308 e. The van der Waals surface area contributed by atoms with Gasteiger partial charge < -0.3 is 14.2 Å². The minimum Gasteiger partial charge on any atom is -0.464 e. The van der Waals surface area contributed by atoms with Gasteiger partial charge in [-0.3, -0.25) is 4.79 Å². The molecule has 0 amide bonds. The van der Waals surface area contributed by atoms with Gasteiger partial charge in [0.25, 0.3) is 0 Å². The minimum atomic E-state index is -1.52. The fourth-order valence-electron chi connectivity index (χ4n) is 5.17. The first-order valence-corrected chi connectivity index (χ1v) is 14.6. The molecular formula is C39H32N2O4. The summed E-state index contributed by atoms with van der Waals surface area (Å²) in [5.41, 5.74) is 0.671. The van der Waals surface area contributed by atoms with Gasteiger partial charge in [0.15, 0.2) is 0 Å². The van der Waals surface area contributed by atoms with E-state index < -0.39 is 17.2 Å². The lowest BCUT2D eigenvalue weighted by Gasteiger charge is -2.31. The van der Waals surface area contributed by atoms with Gasteiger partial charge in [0, 0.05) is 29.2 Å². The summed E-state index contributed by atoms with van der Waals surface area (Å²) in [5, 5.41) is 21.3. The number of hydrogen-bond acceptors (Lipinski definition) is 6. The quantitative estimate of drug-likeness (QED) is 0.119. The minimum absolute atomic E-state index is 0.364. The summed E-state index contributed by atoms with van der Waals surface area (Å²) in [7, 11) is 0.